The van der Waals surface area contributed by atoms with E-state index in [9.17, 15) is 5.11 Å². The molecule has 102 valence electrons. The number of rotatable bonds is 1. The molecule has 0 aliphatic carbocycles. The second-order valence-corrected chi connectivity index (χ2v) is 5.81. The molecule has 0 bridgehead atoms. The van der Waals surface area contributed by atoms with Gasteiger partial charge in [0.2, 0.25) is 0 Å². The summed E-state index contributed by atoms with van der Waals surface area (Å²) in [6.45, 7) is 0. The van der Waals surface area contributed by atoms with Crippen LogP contribution in [-0.2, 0) is 0 Å². The Balaban J connectivity index is 1.97. The highest BCUT2D eigenvalue weighted by Crippen LogP contribution is 2.35. The molecule has 4 rings (SSSR count). The average Bonchev–Trinajstić information content (AvgIpc) is 2.95. The van der Waals surface area contributed by atoms with Crippen molar-refractivity contribution in [2.45, 2.75) is 0 Å². The molecule has 3 N–H and O–H groups in total. The third-order valence-corrected chi connectivity index (χ3v) is 4.11. The molecule has 0 unspecified atom stereocenters. The van der Waals surface area contributed by atoms with Crippen molar-refractivity contribution >= 4 is 43.9 Å². The van der Waals surface area contributed by atoms with Crippen molar-refractivity contribution in [1.82, 2.24) is 4.98 Å². The summed E-state index contributed by atoms with van der Waals surface area (Å²) in [6.07, 6.45) is 0. The molecular formula is C16H10BrN3O. The van der Waals surface area contributed by atoms with Crippen LogP contribution in [0.3, 0.4) is 0 Å². The first-order valence-corrected chi connectivity index (χ1v) is 7.22. The number of aromatic hydroxyl groups is 1. The van der Waals surface area contributed by atoms with Gasteiger partial charge in [0.15, 0.2) is 5.88 Å². The Kier molecular flexibility index (Phi) is 2.53. The largest absolute Gasteiger partial charge is 0.494 e. The zero-order valence-corrected chi connectivity index (χ0v) is 12.4. The lowest BCUT2D eigenvalue weighted by atomic mass is 10.0. The minimum atomic E-state index is 0.0411. The highest BCUT2D eigenvalue weighted by Gasteiger charge is 2.26. The van der Waals surface area contributed by atoms with E-state index in [0.717, 1.165) is 26.6 Å². The molecule has 0 fully saturated rings. The molecule has 5 heteroatoms. The van der Waals surface area contributed by atoms with Gasteiger partial charge in [0.1, 0.15) is 5.71 Å². The highest BCUT2D eigenvalue weighted by atomic mass is 79.9. The lowest BCUT2D eigenvalue weighted by Gasteiger charge is -2.01. The Morgan fingerprint density at radius 3 is 2.76 bits per heavy atom. The predicted octanol–water partition coefficient (Wildman–Crippen LogP) is 4.14. The van der Waals surface area contributed by atoms with Gasteiger partial charge in [0.25, 0.3) is 0 Å². The molecule has 0 saturated carbocycles. The molecule has 0 atom stereocenters. The van der Waals surface area contributed by atoms with Gasteiger partial charge in [-0.3, -0.25) is 5.41 Å². The SMILES string of the molecule is N=C1C(c2c(O)[nH]c3cc(Br)ccc23)=Nc2ccccc21. The molecular weight excluding hydrogens is 330 g/mol. The minimum absolute atomic E-state index is 0.0411. The number of fused-ring (bicyclic) bond motifs is 2. The van der Waals surface area contributed by atoms with E-state index in [2.05, 4.69) is 25.9 Å². The van der Waals surface area contributed by atoms with Crippen LogP contribution < -0.4 is 0 Å². The maximum atomic E-state index is 10.2. The lowest BCUT2D eigenvalue weighted by Crippen LogP contribution is -2.10. The van der Waals surface area contributed by atoms with E-state index >= 15 is 0 Å². The van der Waals surface area contributed by atoms with Crippen molar-refractivity contribution in [1.29, 1.82) is 5.41 Å². The van der Waals surface area contributed by atoms with Crippen LogP contribution in [-0.4, -0.2) is 21.5 Å². The standard InChI is InChI=1S/C16H10BrN3O/c17-8-5-6-9-12(7-8)20-16(21)13(9)15-14(18)10-3-1-2-4-11(10)19-15/h1-7,18,20-21H. The molecule has 2 aromatic carbocycles. The van der Waals surface area contributed by atoms with Crippen LogP contribution >= 0.6 is 15.9 Å². The van der Waals surface area contributed by atoms with E-state index in [1.54, 1.807) is 0 Å². The lowest BCUT2D eigenvalue weighted by molar-refractivity contribution is 0.457. The van der Waals surface area contributed by atoms with Gasteiger partial charge >= 0.3 is 0 Å². The van der Waals surface area contributed by atoms with E-state index in [1.165, 1.54) is 0 Å². The molecule has 0 radical (unpaired) electrons. The zero-order valence-electron chi connectivity index (χ0n) is 10.8. The van der Waals surface area contributed by atoms with E-state index in [4.69, 9.17) is 5.41 Å². The number of aliphatic imine (C=N–C) groups is 1. The van der Waals surface area contributed by atoms with Crippen LogP contribution in [0.5, 0.6) is 5.88 Å². The number of hydrogen-bond donors (Lipinski definition) is 3. The molecule has 3 aromatic rings. The number of aromatic amines is 1. The van der Waals surface area contributed by atoms with E-state index < -0.39 is 0 Å². The van der Waals surface area contributed by atoms with E-state index in [1.807, 2.05) is 42.5 Å². The second-order valence-electron chi connectivity index (χ2n) is 4.89. The molecule has 0 amide bonds. The van der Waals surface area contributed by atoms with Gasteiger partial charge in [-0.1, -0.05) is 40.2 Å². The van der Waals surface area contributed by atoms with Crippen molar-refractivity contribution in [2.24, 2.45) is 4.99 Å². The smallest absolute Gasteiger partial charge is 0.199 e. The molecule has 0 saturated heterocycles. The van der Waals surface area contributed by atoms with Gasteiger partial charge < -0.3 is 10.1 Å². The van der Waals surface area contributed by atoms with Crippen LogP contribution in [0.25, 0.3) is 10.9 Å². The fourth-order valence-electron chi connectivity index (χ4n) is 2.66. The van der Waals surface area contributed by atoms with Crippen molar-refractivity contribution in [2.75, 3.05) is 0 Å². The number of nitrogens with zero attached hydrogens (tertiary/aromatic N) is 1. The molecule has 2 heterocycles. The summed E-state index contributed by atoms with van der Waals surface area (Å²) in [6, 6.07) is 13.2. The summed E-state index contributed by atoms with van der Waals surface area (Å²) in [5, 5.41) is 19.4. The topological polar surface area (TPSA) is 72.2 Å². The number of nitrogens with one attached hydrogen (secondary N) is 2. The van der Waals surface area contributed by atoms with Crippen molar-refractivity contribution in [3.05, 3.63) is 58.1 Å². The fourth-order valence-corrected chi connectivity index (χ4v) is 3.02. The van der Waals surface area contributed by atoms with Gasteiger partial charge in [-0.15, -0.1) is 0 Å². The van der Waals surface area contributed by atoms with Crippen LogP contribution in [0.15, 0.2) is 51.9 Å². The zero-order chi connectivity index (χ0) is 14.6. The molecule has 21 heavy (non-hydrogen) atoms. The van der Waals surface area contributed by atoms with E-state index in [-0.39, 0.29) is 5.88 Å². The Morgan fingerprint density at radius 1 is 1.14 bits per heavy atom. The predicted molar refractivity (Wildman–Crippen MR) is 87.1 cm³/mol. The third kappa shape index (κ3) is 1.74. The quantitative estimate of drug-likeness (QED) is 0.612. The Hall–Kier alpha value is -2.40. The number of hydrogen-bond acceptors (Lipinski definition) is 3. The normalized spacial score (nSPS) is 13.6. The Morgan fingerprint density at radius 2 is 1.95 bits per heavy atom. The molecule has 1 aromatic heterocycles. The molecule has 4 nitrogen and oxygen atoms in total. The maximum absolute atomic E-state index is 10.2. The first-order valence-electron chi connectivity index (χ1n) is 6.43. The number of benzene rings is 2. The van der Waals surface area contributed by atoms with Gasteiger partial charge in [-0.05, 0) is 18.2 Å². The molecule has 0 spiro atoms. The number of para-hydroxylation sites is 1. The Labute approximate surface area is 128 Å². The summed E-state index contributed by atoms with van der Waals surface area (Å²) in [7, 11) is 0. The van der Waals surface area contributed by atoms with Crippen LogP contribution in [0, 0.1) is 5.41 Å². The summed E-state index contributed by atoms with van der Waals surface area (Å²) in [5.74, 6) is 0.0411. The maximum Gasteiger partial charge on any atom is 0.199 e. The molecule has 1 aliphatic rings. The number of halogens is 1. The van der Waals surface area contributed by atoms with Crippen LogP contribution in [0.1, 0.15) is 11.1 Å². The average molecular weight is 340 g/mol. The summed E-state index contributed by atoms with van der Waals surface area (Å²) < 4.78 is 0.925. The molecule has 1 aliphatic heterocycles. The van der Waals surface area contributed by atoms with Crippen LogP contribution in [0.2, 0.25) is 0 Å². The van der Waals surface area contributed by atoms with Crippen molar-refractivity contribution < 1.29 is 5.11 Å². The summed E-state index contributed by atoms with van der Waals surface area (Å²) >= 11 is 3.41. The van der Waals surface area contributed by atoms with Gasteiger partial charge in [0.05, 0.1) is 22.5 Å². The summed E-state index contributed by atoms with van der Waals surface area (Å²) in [5.41, 5.74) is 3.79. The highest BCUT2D eigenvalue weighted by molar-refractivity contribution is 9.10. The first-order chi connectivity index (χ1) is 10.1. The Bertz CT molecular complexity index is 940. The van der Waals surface area contributed by atoms with Gasteiger partial charge in [0, 0.05) is 15.4 Å². The number of aromatic nitrogens is 1. The van der Waals surface area contributed by atoms with Crippen molar-refractivity contribution in [3.63, 3.8) is 0 Å². The van der Waals surface area contributed by atoms with Gasteiger partial charge in [-0.2, -0.15) is 0 Å². The van der Waals surface area contributed by atoms with Crippen LogP contribution in [0.4, 0.5) is 5.69 Å². The first kappa shape index (κ1) is 12.3. The van der Waals surface area contributed by atoms with E-state index in [0.29, 0.717) is 17.0 Å². The monoisotopic (exact) mass is 339 g/mol. The minimum Gasteiger partial charge on any atom is -0.494 e. The third-order valence-electron chi connectivity index (χ3n) is 3.62. The van der Waals surface area contributed by atoms with Crippen molar-refractivity contribution in [3.8, 4) is 5.88 Å². The fraction of sp³-hybridized carbons (Fsp3) is 0. The second kappa shape index (κ2) is 4.30. The van der Waals surface area contributed by atoms with Gasteiger partial charge in [-0.25, -0.2) is 4.99 Å². The number of H-pyrrole nitrogens is 1. The summed E-state index contributed by atoms with van der Waals surface area (Å²) in [4.78, 5) is 7.45.